The molecule has 19 heavy (non-hydrogen) atoms. The molecule has 0 aliphatic carbocycles. The van der Waals surface area contributed by atoms with E-state index < -0.39 is 0 Å². The van der Waals surface area contributed by atoms with Gasteiger partial charge in [0.1, 0.15) is 5.82 Å². The van der Waals surface area contributed by atoms with Crippen LogP contribution in [0.5, 0.6) is 0 Å². The summed E-state index contributed by atoms with van der Waals surface area (Å²) < 4.78 is 0. The van der Waals surface area contributed by atoms with E-state index in [-0.39, 0.29) is 18.1 Å². The molecule has 0 aliphatic heterocycles. The number of aryl methyl sites for hydroxylation is 2. The number of hydrogen-bond acceptors (Lipinski definition) is 4. The van der Waals surface area contributed by atoms with Crippen LogP contribution in [0.1, 0.15) is 56.7 Å². The molecule has 1 aromatic rings. The number of rotatable bonds is 7. The first-order valence-corrected chi connectivity index (χ1v) is 7.12. The zero-order valence-electron chi connectivity index (χ0n) is 12.8. The van der Waals surface area contributed by atoms with Crippen LogP contribution in [0.4, 0.5) is 0 Å². The molecule has 2 N–H and O–H groups in total. The summed E-state index contributed by atoms with van der Waals surface area (Å²) in [5, 5.41) is 13.1. The Labute approximate surface area is 116 Å². The number of hydrogen-bond donors (Lipinski definition) is 2. The van der Waals surface area contributed by atoms with Crippen molar-refractivity contribution in [3.63, 3.8) is 0 Å². The molecule has 1 rings (SSSR count). The van der Waals surface area contributed by atoms with Gasteiger partial charge in [-0.05, 0) is 33.6 Å². The number of aliphatic hydroxyl groups is 1. The molecule has 1 atom stereocenters. The Morgan fingerprint density at radius 3 is 2.42 bits per heavy atom. The predicted molar refractivity (Wildman–Crippen MR) is 78.0 cm³/mol. The van der Waals surface area contributed by atoms with E-state index in [0.29, 0.717) is 0 Å². The largest absolute Gasteiger partial charge is 0.396 e. The Hall–Kier alpha value is -1.00. The van der Waals surface area contributed by atoms with Crippen molar-refractivity contribution in [2.75, 3.05) is 13.2 Å². The molecule has 108 valence electrons. The second-order valence-corrected chi connectivity index (χ2v) is 5.43. The van der Waals surface area contributed by atoms with E-state index in [4.69, 9.17) is 0 Å². The van der Waals surface area contributed by atoms with E-state index in [1.807, 2.05) is 20.0 Å². The number of aliphatic hydroxyl groups excluding tert-OH is 1. The van der Waals surface area contributed by atoms with E-state index in [0.717, 1.165) is 36.5 Å². The minimum Gasteiger partial charge on any atom is -0.396 e. The fraction of sp³-hybridized carbons (Fsp3) is 0.733. The standard InChI is InChI=1S/C15H27N3O/c1-6-15(7-2,10-19)9-17-11(3)14-8-16-13(5)18-12(14)4/h8,11,17,19H,6-7,9-10H2,1-5H3. The first kappa shape index (κ1) is 16.1. The molecule has 4 heteroatoms. The second-order valence-electron chi connectivity index (χ2n) is 5.43. The van der Waals surface area contributed by atoms with Gasteiger partial charge >= 0.3 is 0 Å². The maximum atomic E-state index is 9.59. The van der Waals surface area contributed by atoms with Gasteiger partial charge in [0, 0.05) is 42.1 Å². The molecule has 0 aliphatic rings. The van der Waals surface area contributed by atoms with Gasteiger partial charge in [0.15, 0.2) is 0 Å². The molecule has 1 aromatic heterocycles. The normalized spacial score (nSPS) is 13.6. The van der Waals surface area contributed by atoms with Crippen LogP contribution in [0.3, 0.4) is 0 Å². The third-order valence-electron chi connectivity index (χ3n) is 4.22. The van der Waals surface area contributed by atoms with Gasteiger partial charge in [-0.25, -0.2) is 9.97 Å². The number of nitrogens with one attached hydrogen (secondary N) is 1. The summed E-state index contributed by atoms with van der Waals surface area (Å²) >= 11 is 0. The lowest BCUT2D eigenvalue weighted by Gasteiger charge is -2.31. The highest BCUT2D eigenvalue weighted by atomic mass is 16.3. The van der Waals surface area contributed by atoms with Gasteiger partial charge < -0.3 is 10.4 Å². The lowest BCUT2D eigenvalue weighted by Crippen LogP contribution is -2.37. The van der Waals surface area contributed by atoms with E-state index in [1.165, 1.54) is 0 Å². The highest BCUT2D eigenvalue weighted by Gasteiger charge is 2.25. The quantitative estimate of drug-likeness (QED) is 0.795. The Morgan fingerprint density at radius 1 is 1.32 bits per heavy atom. The van der Waals surface area contributed by atoms with Crippen LogP contribution < -0.4 is 5.32 Å². The highest BCUT2D eigenvalue weighted by Crippen LogP contribution is 2.26. The van der Waals surface area contributed by atoms with Crippen LogP contribution in [-0.4, -0.2) is 28.2 Å². The van der Waals surface area contributed by atoms with Crippen molar-refractivity contribution in [2.45, 2.75) is 53.5 Å². The summed E-state index contributed by atoms with van der Waals surface area (Å²) in [6.07, 6.45) is 3.85. The average Bonchev–Trinajstić information content (AvgIpc) is 2.40. The highest BCUT2D eigenvalue weighted by molar-refractivity contribution is 5.19. The van der Waals surface area contributed by atoms with Crippen molar-refractivity contribution in [2.24, 2.45) is 5.41 Å². The molecule has 0 saturated heterocycles. The zero-order valence-corrected chi connectivity index (χ0v) is 12.8. The van der Waals surface area contributed by atoms with Crippen molar-refractivity contribution in [1.29, 1.82) is 0 Å². The van der Waals surface area contributed by atoms with Crippen molar-refractivity contribution in [3.05, 3.63) is 23.3 Å². The maximum Gasteiger partial charge on any atom is 0.125 e. The summed E-state index contributed by atoms with van der Waals surface area (Å²) in [5.74, 6) is 0.806. The Bertz CT molecular complexity index is 394. The fourth-order valence-corrected chi connectivity index (χ4v) is 2.28. The minimum atomic E-state index is -0.0201. The second kappa shape index (κ2) is 6.96. The van der Waals surface area contributed by atoms with E-state index in [1.54, 1.807) is 0 Å². The molecule has 1 unspecified atom stereocenters. The molecule has 0 bridgehead atoms. The van der Waals surface area contributed by atoms with Crippen LogP contribution in [0.25, 0.3) is 0 Å². The van der Waals surface area contributed by atoms with Crippen LogP contribution in [0.2, 0.25) is 0 Å². The molecule has 0 spiro atoms. The van der Waals surface area contributed by atoms with Gasteiger partial charge in [0.2, 0.25) is 0 Å². The molecule has 0 aromatic carbocycles. The van der Waals surface area contributed by atoms with Crippen molar-refractivity contribution < 1.29 is 5.11 Å². The van der Waals surface area contributed by atoms with Gasteiger partial charge in [0.25, 0.3) is 0 Å². The molecule has 4 nitrogen and oxygen atoms in total. The summed E-state index contributed by atoms with van der Waals surface area (Å²) in [7, 11) is 0. The topological polar surface area (TPSA) is 58.0 Å². The van der Waals surface area contributed by atoms with Gasteiger partial charge in [-0.2, -0.15) is 0 Å². The Kier molecular flexibility index (Phi) is 5.88. The monoisotopic (exact) mass is 265 g/mol. The summed E-state index contributed by atoms with van der Waals surface area (Å²) in [6, 6.07) is 0.199. The summed E-state index contributed by atoms with van der Waals surface area (Å²) in [5.41, 5.74) is 2.13. The lowest BCUT2D eigenvalue weighted by atomic mass is 9.83. The number of aromatic nitrogens is 2. The first-order valence-electron chi connectivity index (χ1n) is 7.12. The first-order chi connectivity index (χ1) is 8.98. The lowest BCUT2D eigenvalue weighted by molar-refractivity contribution is 0.110. The van der Waals surface area contributed by atoms with Crippen molar-refractivity contribution >= 4 is 0 Å². The fourth-order valence-electron chi connectivity index (χ4n) is 2.28. The molecule has 0 radical (unpaired) electrons. The van der Waals surface area contributed by atoms with Gasteiger partial charge in [-0.15, -0.1) is 0 Å². The molecule has 0 saturated carbocycles. The Balaban J connectivity index is 2.72. The average molecular weight is 265 g/mol. The summed E-state index contributed by atoms with van der Waals surface area (Å²) in [4.78, 5) is 8.66. The predicted octanol–water partition coefficient (Wildman–Crippen LogP) is 2.54. The van der Waals surface area contributed by atoms with Crippen LogP contribution in [0.15, 0.2) is 6.20 Å². The third kappa shape index (κ3) is 3.98. The minimum absolute atomic E-state index is 0.0201. The van der Waals surface area contributed by atoms with E-state index in [9.17, 15) is 5.11 Å². The SMILES string of the molecule is CCC(CC)(CO)CNC(C)c1cnc(C)nc1C. The molecule has 1 heterocycles. The van der Waals surface area contributed by atoms with Gasteiger partial charge in [0.05, 0.1) is 0 Å². The van der Waals surface area contributed by atoms with Gasteiger partial charge in [-0.1, -0.05) is 13.8 Å². The zero-order chi connectivity index (χ0) is 14.5. The van der Waals surface area contributed by atoms with Crippen LogP contribution in [-0.2, 0) is 0 Å². The molecular weight excluding hydrogens is 238 g/mol. The van der Waals surface area contributed by atoms with Crippen molar-refractivity contribution in [3.8, 4) is 0 Å². The number of nitrogens with zero attached hydrogens (tertiary/aromatic N) is 2. The summed E-state index contributed by atoms with van der Waals surface area (Å²) in [6.45, 7) is 11.3. The Morgan fingerprint density at radius 2 is 1.95 bits per heavy atom. The van der Waals surface area contributed by atoms with Gasteiger partial charge in [-0.3, -0.25) is 0 Å². The smallest absolute Gasteiger partial charge is 0.125 e. The maximum absolute atomic E-state index is 9.59. The molecule has 0 fully saturated rings. The van der Waals surface area contributed by atoms with Crippen molar-refractivity contribution in [1.82, 2.24) is 15.3 Å². The third-order valence-corrected chi connectivity index (χ3v) is 4.22. The van der Waals surface area contributed by atoms with Crippen LogP contribution in [0, 0.1) is 19.3 Å². The van der Waals surface area contributed by atoms with E-state index >= 15 is 0 Å². The van der Waals surface area contributed by atoms with E-state index in [2.05, 4.69) is 36.1 Å². The van der Waals surface area contributed by atoms with Crippen LogP contribution >= 0.6 is 0 Å². The molecule has 0 amide bonds. The molecular formula is C15H27N3O.